The summed E-state index contributed by atoms with van der Waals surface area (Å²) in [5, 5.41) is 13.3. The highest BCUT2D eigenvalue weighted by molar-refractivity contribution is 5.89. The number of pyridine rings is 1. The molecule has 0 fully saturated rings. The Morgan fingerprint density at radius 1 is 1.25 bits per heavy atom. The molecule has 2 aromatic rings. The Kier molecular flexibility index (Phi) is 4.59. The van der Waals surface area contributed by atoms with Gasteiger partial charge in [0.2, 0.25) is 0 Å². The average Bonchev–Trinajstić information content (AvgIpc) is 2.85. The van der Waals surface area contributed by atoms with Gasteiger partial charge in [-0.1, -0.05) is 0 Å². The molecule has 0 saturated carbocycles. The number of aromatic carboxylic acids is 1. The first-order valence-electron chi connectivity index (χ1n) is 7.25. The molecule has 0 amide bonds. The molecule has 128 valence electrons. The van der Waals surface area contributed by atoms with Gasteiger partial charge in [-0.2, -0.15) is 5.10 Å². The number of hydrogen-bond acceptors (Lipinski definition) is 5. The fraction of sp³-hybridized carbons (Fsp3) is 0.375. The number of aryl methyl sites for hydroxylation is 1. The number of carboxylic acid groups (broad SMARTS) is 1. The van der Waals surface area contributed by atoms with E-state index in [1.165, 1.54) is 12.3 Å². The van der Waals surface area contributed by atoms with E-state index in [1.807, 2.05) is 0 Å². The highest BCUT2D eigenvalue weighted by Gasteiger charge is 2.20. The van der Waals surface area contributed by atoms with Crippen LogP contribution in [0.25, 0.3) is 11.1 Å². The number of hydrogen-bond donors (Lipinski definition) is 1. The zero-order valence-electron chi connectivity index (χ0n) is 13.9. The summed E-state index contributed by atoms with van der Waals surface area (Å²) >= 11 is 0. The minimum absolute atomic E-state index is 0.371. The van der Waals surface area contributed by atoms with Gasteiger partial charge in [0.15, 0.2) is 0 Å². The largest absolute Gasteiger partial charge is 0.477 e. The summed E-state index contributed by atoms with van der Waals surface area (Å²) in [4.78, 5) is 35.5. The second-order valence-corrected chi connectivity index (χ2v) is 6.37. The first-order chi connectivity index (χ1) is 11.1. The highest BCUT2D eigenvalue weighted by Crippen LogP contribution is 2.18. The molecule has 2 rings (SSSR count). The van der Waals surface area contributed by atoms with Crippen molar-refractivity contribution in [1.82, 2.24) is 14.3 Å². The Morgan fingerprint density at radius 3 is 2.42 bits per heavy atom. The molecule has 0 radical (unpaired) electrons. The Labute approximate surface area is 138 Å². The van der Waals surface area contributed by atoms with Crippen LogP contribution in [0.4, 0.5) is 0 Å². The first-order valence-corrected chi connectivity index (χ1v) is 7.25. The second kappa shape index (κ2) is 6.31. The molecule has 0 spiro atoms. The number of esters is 1. The summed E-state index contributed by atoms with van der Waals surface area (Å²) in [5.74, 6) is -1.98. The van der Waals surface area contributed by atoms with Crippen molar-refractivity contribution >= 4 is 11.9 Å². The van der Waals surface area contributed by atoms with Gasteiger partial charge >= 0.3 is 11.9 Å². The Bertz CT molecular complexity index is 842. The van der Waals surface area contributed by atoms with Crippen molar-refractivity contribution in [1.29, 1.82) is 0 Å². The van der Waals surface area contributed by atoms with Crippen LogP contribution in [0.2, 0.25) is 0 Å². The van der Waals surface area contributed by atoms with E-state index in [2.05, 4.69) is 5.10 Å². The smallest absolute Gasteiger partial charge is 0.341 e. The summed E-state index contributed by atoms with van der Waals surface area (Å²) in [5.41, 5.74) is -0.764. The lowest BCUT2D eigenvalue weighted by molar-refractivity contribution is -0.155. The predicted octanol–water partition coefficient (Wildman–Crippen LogP) is 1.29. The number of rotatable bonds is 4. The van der Waals surface area contributed by atoms with Crippen molar-refractivity contribution < 1.29 is 19.4 Å². The van der Waals surface area contributed by atoms with Crippen LogP contribution in [0, 0.1) is 0 Å². The van der Waals surface area contributed by atoms with Crippen LogP contribution >= 0.6 is 0 Å². The summed E-state index contributed by atoms with van der Waals surface area (Å²) in [7, 11) is 1.72. The quantitative estimate of drug-likeness (QED) is 0.846. The van der Waals surface area contributed by atoms with E-state index in [1.54, 1.807) is 44.9 Å². The van der Waals surface area contributed by atoms with Crippen molar-refractivity contribution in [2.24, 2.45) is 7.05 Å². The fourth-order valence-electron chi connectivity index (χ4n) is 2.15. The van der Waals surface area contributed by atoms with Gasteiger partial charge in [-0.15, -0.1) is 0 Å². The lowest BCUT2D eigenvalue weighted by Crippen LogP contribution is -2.32. The molecule has 8 nitrogen and oxygen atoms in total. The molecule has 0 aliphatic carbocycles. The molecular formula is C16H19N3O5. The molecular weight excluding hydrogens is 314 g/mol. The Balaban J connectivity index is 2.46. The third-order valence-corrected chi connectivity index (χ3v) is 3.07. The van der Waals surface area contributed by atoms with Gasteiger partial charge in [0.1, 0.15) is 17.7 Å². The van der Waals surface area contributed by atoms with E-state index in [0.717, 1.165) is 4.57 Å². The minimum atomic E-state index is -1.36. The van der Waals surface area contributed by atoms with E-state index in [0.29, 0.717) is 11.1 Å². The highest BCUT2D eigenvalue weighted by atomic mass is 16.6. The maximum Gasteiger partial charge on any atom is 0.341 e. The Hall–Kier alpha value is -2.90. The number of carbonyl (C=O) groups excluding carboxylic acids is 1. The van der Waals surface area contributed by atoms with Crippen LogP contribution in [0.5, 0.6) is 0 Å². The van der Waals surface area contributed by atoms with Crippen molar-refractivity contribution in [3.8, 4) is 11.1 Å². The third kappa shape index (κ3) is 4.09. The number of ether oxygens (including phenoxy) is 1. The molecule has 0 saturated heterocycles. The lowest BCUT2D eigenvalue weighted by Gasteiger charge is -2.20. The molecule has 0 aliphatic heterocycles. The third-order valence-electron chi connectivity index (χ3n) is 3.07. The number of aromatic nitrogens is 3. The number of carboxylic acids is 1. The van der Waals surface area contributed by atoms with Crippen molar-refractivity contribution in [3.05, 3.63) is 40.6 Å². The van der Waals surface area contributed by atoms with Gasteiger partial charge in [0.05, 0.1) is 6.20 Å². The lowest BCUT2D eigenvalue weighted by atomic mass is 10.1. The van der Waals surface area contributed by atoms with E-state index >= 15 is 0 Å². The molecule has 24 heavy (non-hydrogen) atoms. The molecule has 1 N–H and O–H groups in total. The maximum absolute atomic E-state index is 12.3. The van der Waals surface area contributed by atoms with Gasteiger partial charge in [-0.25, -0.2) is 4.79 Å². The SMILES string of the molecule is Cn1cc(-c2cc(C(=O)O)c(=O)n(CC(=O)OC(C)(C)C)c2)cn1. The molecule has 2 heterocycles. The minimum Gasteiger partial charge on any atom is -0.477 e. The second-order valence-electron chi connectivity index (χ2n) is 6.37. The normalized spacial score (nSPS) is 11.3. The van der Waals surface area contributed by atoms with Gasteiger partial charge < -0.3 is 14.4 Å². The monoisotopic (exact) mass is 333 g/mol. The predicted molar refractivity (Wildman–Crippen MR) is 85.7 cm³/mol. The number of nitrogens with zero attached hydrogens (tertiary/aromatic N) is 3. The van der Waals surface area contributed by atoms with Gasteiger partial charge in [0, 0.05) is 30.6 Å². The number of carbonyl (C=O) groups is 2. The van der Waals surface area contributed by atoms with Crippen LogP contribution in [0.1, 0.15) is 31.1 Å². The van der Waals surface area contributed by atoms with Crippen molar-refractivity contribution in [2.45, 2.75) is 32.9 Å². The van der Waals surface area contributed by atoms with Gasteiger partial charge in [0.25, 0.3) is 5.56 Å². The van der Waals surface area contributed by atoms with E-state index in [-0.39, 0.29) is 6.54 Å². The summed E-state index contributed by atoms with van der Waals surface area (Å²) < 4.78 is 7.78. The van der Waals surface area contributed by atoms with Crippen LogP contribution in [-0.4, -0.2) is 37.0 Å². The summed E-state index contributed by atoms with van der Waals surface area (Å²) in [6.45, 7) is 4.76. The first kappa shape index (κ1) is 17.5. The maximum atomic E-state index is 12.3. The van der Waals surface area contributed by atoms with Crippen LogP contribution < -0.4 is 5.56 Å². The van der Waals surface area contributed by atoms with Crippen LogP contribution in [0.3, 0.4) is 0 Å². The van der Waals surface area contributed by atoms with Gasteiger partial charge in [-0.05, 0) is 26.8 Å². The summed E-state index contributed by atoms with van der Waals surface area (Å²) in [6, 6.07) is 1.27. The van der Waals surface area contributed by atoms with Crippen LogP contribution in [0.15, 0.2) is 29.5 Å². The molecule has 2 aromatic heterocycles. The van der Waals surface area contributed by atoms with E-state index in [9.17, 15) is 19.5 Å². The molecule has 0 unspecified atom stereocenters. The standard InChI is InChI=1S/C16H19N3O5/c1-16(2,3)24-13(20)9-19-8-10(11-6-17-18(4)7-11)5-12(14(19)21)15(22)23/h5-8H,9H2,1-4H3,(H,22,23). The van der Waals surface area contributed by atoms with Gasteiger partial charge in [-0.3, -0.25) is 14.3 Å². The molecule has 0 bridgehead atoms. The average molecular weight is 333 g/mol. The molecule has 8 heteroatoms. The molecule has 0 aromatic carbocycles. The molecule has 0 aliphatic rings. The zero-order valence-corrected chi connectivity index (χ0v) is 13.9. The van der Waals surface area contributed by atoms with E-state index in [4.69, 9.17) is 4.74 Å². The van der Waals surface area contributed by atoms with Crippen molar-refractivity contribution in [2.75, 3.05) is 0 Å². The molecule has 0 atom stereocenters. The van der Waals surface area contributed by atoms with E-state index < -0.39 is 28.7 Å². The fourth-order valence-corrected chi connectivity index (χ4v) is 2.15. The zero-order chi connectivity index (χ0) is 18.1. The summed E-state index contributed by atoms with van der Waals surface area (Å²) in [6.07, 6.45) is 4.65. The van der Waals surface area contributed by atoms with Crippen molar-refractivity contribution in [3.63, 3.8) is 0 Å². The topological polar surface area (TPSA) is 103 Å². The Morgan fingerprint density at radius 2 is 1.92 bits per heavy atom. The van der Waals surface area contributed by atoms with Crippen LogP contribution in [-0.2, 0) is 23.1 Å².